The second kappa shape index (κ2) is 8.17. The third-order valence-corrected chi connectivity index (χ3v) is 5.75. The first-order valence-electron chi connectivity index (χ1n) is 9.38. The molecule has 1 atom stereocenters. The average molecular weight is 444 g/mol. The van der Waals surface area contributed by atoms with Gasteiger partial charge in [-0.3, -0.25) is 9.63 Å². The van der Waals surface area contributed by atoms with Crippen molar-refractivity contribution in [1.29, 1.82) is 0 Å². The number of carbonyl (C=O) groups is 1. The lowest BCUT2D eigenvalue weighted by Gasteiger charge is -2.39. The van der Waals surface area contributed by atoms with Crippen molar-refractivity contribution in [3.8, 4) is 0 Å². The first-order valence-corrected chi connectivity index (χ1v) is 10.2. The van der Waals surface area contributed by atoms with Gasteiger partial charge in [0.2, 0.25) is 0 Å². The monoisotopic (exact) mass is 443 g/mol. The molecule has 2 heterocycles. The van der Waals surface area contributed by atoms with E-state index < -0.39 is 5.72 Å². The van der Waals surface area contributed by atoms with Crippen molar-refractivity contribution in [2.45, 2.75) is 25.2 Å². The molecule has 2 aromatic carbocycles. The molecule has 2 aliphatic rings. The number of ether oxygens (including phenoxy) is 1. The van der Waals surface area contributed by atoms with Crippen molar-refractivity contribution < 1.29 is 19.5 Å². The van der Waals surface area contributed by atoms with Gasteiger partial charge in [-0.05, 0) is 42.2 Å². The van der Waals surface area contributed by atoms with E-state index in [1.165, 1.54) is 0 Å². The molecule has 1 unspecified atom stereocenters. The molecule has 1 N–H and O–H groups in total. The van der Waals surface area contributed by atoms with E-state index in [-0.39, 0.29) is 18.4 Å². The Morgan fingerprint density at radius 2 is 1.89 bits per heavy atom. The molecule has 0 aromatic heterocycles. The number of carbonyl (C=O) groups excluding carboxylic acids is 1. The molecule has 0 saturated carbocycles. The van der Waals surface area contributed by atoms with E-state index in [4.69, 9.17) is 9.57 Å². The summed E-state index contributed by atoms with van der Waals surface area (Å²) in [6.07, 6.45) is 2.98. The van der Waals surface area contributed by atoms with E-state index in [9.17, 15) is 9.90 Å². The van der Waals surface area contributed by atoms with Gasteiger partial charge in [0.25, 0.3) is 5.91 Å². The Hall–Kier alpha value is -1.99. The molecule has 1 saturated heterocycles. The van der Waals surface area contributed by atoms with E-state index in [1.807, 2.05) is 54.6 Å². The fraction of sp³-hybridized carbons (Fsp3) is 0.318. The van der Waals surface area contributed by atoms with Gasteiger partial charge in [0.1, 0.15) is 6.61 Å². The van der Waals surface area contributed by atoms with Crippen molar-refractivity contribution in [1.82, 2.24) is 5.06 Å². The van der Waals surface area contributed by atoms with Crippen LogP contribution in [0.2, 0.25) is 0 Å². The van der Waals surface area contributed by atoms with Gasteiger partial charge in [0.05, 0.1) is 0 Å². The van der Waals surface area contributed by atoms with Gasteiger partial charge in [-0.25, -0.2) is 0 Å². The van der Waals surface area contributed by atoms with Crippen LogP contribution in [0, 0.1) is 5.92 Å². The van der Waals surface area contributed by atoms with Crippen LogP contribution in [0.15, 0.2) is 65.1 Å². The van der Waals surface area contributed by atoms with Crippen LogP contribution >= 0.6 is 15.9 Å². The van der Waals surface area contributed by atoms with E-state index in [0.29, 0.717) is 31.6 Å². The van der Waals surface area contributed by atoms with Crippen molar-refractivity contribution in [3.05, 3.63) is 76.3 Å². The molecule has 0 bridgehead atoms. The smallest absolute Gasteiger partial charge is 0.280 e. The third kappa shape index (κ3) is 3.78. The van der Waals surface area contributed by atoms with Crippen LogP contribution in [0.25, 0.3) is 5.57 Å². The molecular weight excluding hydrogens is 422 g/mol. The molecular formula is C22H22BrNO4. The van der Waals surface area contributed by atoms with Crippen molar-refractivity contribution in [3.63, 3.8) is 0 Å². The number of hydrogen-bond acceptors (Lipinski definition) is 4. The fourth-order valence-electron chi connectivity index (χ4n) is 3.75. The van der Waals surface area contributed by atoms with Gasteiger partial charge < -0.3 is 9.84 Å². The summed E-state index contributed by atoms with van der Waals surface area (Å²) in [7, 11) is 0. The van der Waals surface area contributed by atoms with Crippen LogP contribution in [0.1, 0.15) is 24.0 Å². The minimum absolute atomic E-state index is 0.148. The van der Waals surface area contributed by atoms with Gasteiger partial charge in [-0.15, -0.1) is 0 Å². The predicted molar refractivity (Wildman–Crippen MR) is 109 cm³/mol. The number of halogens is 1. The van der Waals surface area contributed by atoms with Crippen LogP contribution in [-0.4, -0.2) is 35.0 Å². The summed E-state index contributed by atoms with van der Waals surface area (Å²) >= 11 is 3.45. The van der Waals surface area contributed by atoms with E-state index in [2.05, 4.69) is 15.9 Å². The average Bonchev–Trinajstić information content (AvgIpc) is 2.99. The van der Waals surface area contributed by atoms with Crippen LogP contribution in [-0.2, 0) is 21.0 Å². The largest absolute Gasteiger partial charge is 0.381 e. The summed E-state index contributed by atoms with van der Waals surface area (Å²) in [5.41, 5.74) is 0.632. The Labute approximate surface area is 172 Å². The maximum atomic E-state index is 13.2. The highest BCUT2D eigenvalue weighted by Gasteiger charge is 2.51. The summed E-state index contributed by atoms with van der Waals surface area (Å²) in [6, 6.07) is 17.1. The van der Waals surface area contributed by atoms with Crippen LogP contribution < -0.4 is 0 Å². The number of nitrogens with zero attached hydrogens (tertiary/aromatic N) is 1. The van der Waals surface area contributed by atoms with Crippen LogP contribution in [0.5, 0.6) is 0 Å². The Bertz CT molecular complexity index is 879. The van der Waals surface area contributed by atoms with Gasteiger partial charge in [-0.2, -0.15) is 5.06 Å². The number of hydrogen-bond donors (Lipinski definition) is 1. The summed E-state index contributed by atoms with van der Waals surface area (Å²) in [5.74, 6) is -0.478. The number of hydroxylamine groups is 2. The zero-order valence-electron chi connectivity index (χ0n) is 15.4. The molecule has 2 aromatic rings. The van der Waals surface area contributed by atoms with Gasteiger partial charge in [0, 0.05) is 29.2 Å². The molecule has 5 nitrogen and oxygen atoms in total. The number of aliphatic hydroxyl groups is 1. The zero-order valence-corrected chi connectivity index (χ0v) is 17.0. The molecule has 0 aliphatic carbocycles. The maximum Gasteiger partial charge on any atom is 0.280 e. The number of amides is 1. The molecule has 0 radical (unpaired) electrons. The molecule has 1 fully saturated rings. The van der Waals surface area contributed by atoms with Crippen molar-refractivity contribution in [2.75, 3.05) is 13.2 Å². The second-order valence-electron chi connectivity index (χ2n) is 7.10. The molecule has 0 spiro atoms. The maximum absolute atomic E-state index is 13.2. The number of benzene rings is 2. The highest BCUT2D eigenvalue weighted by molar-refractivity contribution is 9.10. The second-order valence-corrected chi connectivity index (χ2v) is 8.01. The van der Waals surface area contributed by atoms with Crippen molar-refractivity contribution >= 4 is 27.4 Å². The van der Waals surface area contributed by atoms with Crippen molar-refractivity contribution in [2.24, 2.45) is 5.92 Å². The molecule has 4 rings (SSSR count). The SMILES string of the molecule is O=C1C(c2cccc(Br)c2)=CC(O)(C2CCOCC2)N1OCc1ccccc1. The Morgan fingerprint density at radius 1 is 1.14 bits per heavy atom. The van der Waals surface area contributed by atoms with E-state index >= 15 is 0 Å². The van der Waals surface area contributed by atoms with E-state index in [1.54, 1.807) is 6.08 Å². The normalized spacial score (nSPS) is 23.1. The van der Waals surface area contributed by atoms with E-state index in [0.717, 1.165) is 20.7 Å². The Kier molecular flexibility index (Phi) is 5.64. The predicted octanol–water partition coefficient (Wildman–Crippen LogP) is 3.92. The molecule has 1 amide bonds. The highest BCUT2D eigenvalue weighted by Crippen LogP contribution is 2.41. The molecule has 2 aliphatic heterocycles. The summed E-state index contributed by atoms with van der Waals surface area (Å²) in [6.45, 7) is 1.33. The Balaban J connectivity index is 1.65. The lowest BCUT2D eigenvalue weighted by atomic mass is 9.88. The molecule has 146 valence electrons. The standard InChI is InChI=1S/C22H22BrNO4/c23-19-8-4-7-17(13-19)20-14-22(26,18-9-11-27-12-10-18)24(21(20)25)28-15-16-5-2-1-3-6-16/h1-8,13-14,18,26H,9-12,15H2. The van der Waals surface area contributed by atoms with Crippen LogP contribution in [0.3, 0.4) is 0 Å². The van der Waals surface area contributed by atoms with Gasteiger partial charge >= 0.3 is 0 Å². The minimum atomic E-state index is -1.49. The zero-order chi connectivity index (χ0) is 19.6. The quantitative estimate of drug-likeness (QED) is 0.760. The fourth-order valence-corrected chi connectivity index (χ4v) is 4.15. The summed E-state index contributed by atoms with van der Waals surface area (Å²) < 4.78 is 6.31. The summed E-state index contributed by atoms with van der Waals surface area (Å²) in [5, 5.41) is 12.7. The van der Waals surface area contributed by atoms with Crippen LogP contribution in [0.4, 0.5) is 0 Å². The molecule has 6 heteroatoms. The topological polar surface area (TPSA) is 59.0 Å². The number of rotatable bonds is 5. The third-order valence-electron chi connectivity index (χ3n) is 5.26. The Morgan fingerprint density at radius 3 is 2.61 bits per heavy atom. The van der Waals surface area contributed by atoms with Gasteiger partial charge in [0.15, 0.2) is 5.72 Å². The summed E-state index contributed by atoms with van der Waals surface area (Å²) in [4.78, 5) is 19.1. The highest BCUT2D eigenvalue weighted by atomic mass is 79.9. The lowest BCUT2D eigenvalue weighted by molar-refractivity contribution is -0.278. The minimum Gasteiger partial charge on any atom is -0.381 e. The molecule has 28 heavy (non-hydrogen) atoms. The lowest BCUT2D eigenvalue weighted by Crippen LogP contribution is -2.52. The van der Waals surface area contributed by atoms with Gasteiger partial charge in [-0.1, -0.05) is 58.4 Å². The first kappa shape index (κ1) is 19.3. The first-order chi connectivity index (χ1) is 13.6.